The van der Waals surface area contributed by atoms with Crippen LogP contribution < -0.4 is 5.73 Å². The van der Waals surface area contributed by atoms with E-state index in [-0.39, 0.29) is 0 Å². The first-order valence-electron chi connectivity index (χ1n) is 7.43. The van der Waals surface area contributed by atoms with Crippen LogP contribution in [0.5, 0.6) is 0 Å². The number of aryl methyl sites for hydroxylation is 1. The highest BCUT2D eigenvalue weighted by Crippen LogP contribution is 2.34. The van der Waals surface area contributed by atoms with Gasteiger partial charge in [-0.1, -0.05) is 17.7 Å². The lowest BCUT2D eigenvalue weighted by atomic mass is 9.98. The molecule has 1 aromatic carbocycles. The van der Waals surface area contributed by atoms with Crippen LogP contribution in [0.4, 0.5) is 5.82 Å². The van der Waals surface area contributed by atoms with E-state index < -0.39 is 5.97 Å². The predicted molar refractivity (Wildman–Crippen MR) is 96.2 cm³/mol. The lowest BCUT2D eigenvalue weighted by Crippen LogP contribution is -2.02. The Kier molecular flexibility index (Phi) is 4.63. The van der Waals surface area contributed by atoms with Crippen molar-refractivity contribution in [2.24, 2.45) is 0 Å². The molecule has 0 aliphatic carbocycles. The molecule has 0 spiro atoms. The van der Waals surface area contributed by atoms with Gasteiger partial charge in [0.1, 0.15) is 12.1 Å². The third-order valence-corrected chi connectivity index (χ3v) is 4.07. The second kappa shape index (κ2) is 6.86. The van der Waals surface area contributed by atoms with Gasteiger partial charge in [-0.05, 0) is 31.2 Å². The molecule has 6 nitrogen and oxygen atoms in total. The molecule has 0 aliphatic heterocycles. The molecule has 0 aliphatic rings. The molecule has 0 amide bonds. The van der Waals surface area contributed by atoms with Crippen molar-refractivity contribution in [1.82, 2.24) is 15.0 Å². The minimum Gasteiger partial charge on any atom is -0.465 e. The minimum absolute atomic E-state index is 0.294. The SMILES string of the molecule is COC(=O)c1ccc(-c2ncnc(C)c2-c2ccc(N)nc2)cc1Cl. The number of nitrogen functional groups attached to an aromatic ring is 1. The van der Waals surface area contributed by atoms with Crippen LogP contribution in [0.3, 0.4) is 0 Å². The van der Waals surface area contributed by atoms with Gasteiger partial charge in [-0.3, -0.25) is 0 Å². The zero-order valence-electron chi connectivity index (χ0n) is 13.7. The zero-order valence-corrected chi connectivity index (χ0v) is 14.4. The fourth-order valence-corrected chi connectivity index (χ4v) is 2.79. The van der Waals surface area contributed by atoms with Gasteiger partial charge in [0.05, 0.1) is 23.4 Å². The van der Waals surface area contributed by atoms with E-state index in [0.29, 0.717) is 22.1 Å². The molecule has 0 saturated carbocycles. The summed E-state index contributed by atoms with van der Waals surface area (Å²) in [6, 6.07) is 8.66. The summed E-state index contributed by atoms with van der Waals surface area (Å²) >= 11 is 6.24. The quantitative estimate of drug-likeness (QED) is 0.723. The monoisotopic (exact) mass is 354 g/mol. The Morgan fingerprint density at radius 3 is 2.52 bits per heavy atom. The second-order valence-electron chi connectivity index (χ2n) is 5.34. The van der Waals surface area contributed by atoms with Crippen LogP contribution >= 0.6 is 11.6 Å². The molecule has 126 valence electrons. The summed E-state index contributed by atoms with van der Waals surface area (Å²) in [4.78, 5) is 24.5. The highest BCUT2D eigenvalue weighted by molar-refractivity contribution is 6.33. The maximum Gasteiger partial charge on any atom is 0.339 e. The van der Waals surface area contributed by atoms with Crippen LogP contribution in [-0.2, 0) is 4.74 Å². The molecule has 3 rings (SSSR count). The smallest absolute Gasteiger partial charge is 0.339 e. The summed E-state index contributed by atoms with van der Waals surface area (Å²) in [6.07, 6.45) is 3.16. The Balaban J connectivity index is 2.15. The first-order valence-corrected chi connectivity index (χ1v) is 7.80. The number of halogens is 1. The third kappa shape index (κ3) is 3.29. The van der Waals surface area contributed by atoms with E-state index in [1.807, 2.05) is 13.0 Å². The number of nitrogens with two attached hydrogens (primary N) is 1. The number of carbonyl (C=O) groups is 1. The molecule has 0 bridgehead atoms. The molecule has 2 heterocycles. The maximum atomic E-state index is 11.7. The molecule has 7 heteroatoms. The fraction of sp³-hybridized carbons (Fsp3) is 0.111. The van der Waals surface area contributed by atoms with Crippen LogP contribution in [0, 0.1) is 6.92 Å². The summed E-state index contributed by atoms with van der Waals surface area (Å²) in [5.74, 6) is -0.0522. The van der Waals surface area contributed by atoms with Crippen molar-refractivity contribution in [1.29, 1.82) is 0 Å². The Labute approximate surface area is 149 Å². The van der Waals surface area contributed by atoms with Crippen molar-refractivity contribution in [3.8, 4) is 22.4 Å². The van der Waals surface area contributed by atoms with Gasteiger partial charge in [0, 0.05) is 28.6 Å². The molecular weight excluding hydrogens is 340 g/mol. The summed E-state index contributed by atoms with van der Waals surface area (Å²) in [5, 5.41) is 0.294. The fourth-order valence-electron chi connectivity index (χ4n) is 2.53. The summed E-state index contributed by atoms with van der Waals surface area (Å²) in [5.41, 5.74) is 9.89. The van der Waals surface area contributed by atoms with Gasteiger partial charge in [-0.25, -0.2) is 19.7 Å². The average molecular weight is 355 g/mol. The van der Waals surface area contributed by atoms with Crippen molar-refractivity contribution in [3.63, 3.8) is 0 Å². The summed E-state index contributed by atoms with van der Waals surface area (Å²) in [7, 11) is 1.31. The standard InChI is InChI=1S/C18H15ClN4O2/c1-10-16(12-4-6-15(20)21-8-12)17(23-9-22-10)11-3-5-13(14(19)7-11)18(24)25-2/h3-9H,1-2H3,(H2,20,21). The molecule has 2 aromatic heterocycles. The Morgan fingerprint density at radius 1 is 1.12 bits per heavy atom. The van der Waals surface area contributed by atoms with E-state index in [2.05, 4.69) is 15.0 Å². The van der Waals surface area contributed by atoms with Crippen LogP contribution in [-0.4, -0.2) is 28.0 Å². The van der Waals surface area contributed by atoms with Crippen molar-refractivity contribution in [3.05, 3.63) is 59.1 Å². The number of esters is 1. The molecule has 3 aromatic rings. The number of nitrogens with zero attached hydrogens (tertiary/aromatic N) is 3. The number of anilines is 1. The number of aromatic nitrogens is 3. The number of benzene rings is 1. The van der Waals surface area contributed by atoms with Gasteiger partial charge in [0.2, 0.25) is 0 Å². The number of carbonyl (C=O) groups excluding carboxylic acids is 1. The van der Waals surface area contributed by atoms with E-state index >= 15 is 0 Å². The highest BCUT2D eigenvalue weighted by atomic mass is 35.5. The van der Waals surface area contributed by atoms with Crippen LogP contribution in [0.1, 0.15) is 16.1 Å². The molecule has 25 heavy (non-hydrogen) atoms. The van der Waals surface area contributed by atoms with Gasteiger partial charge in [0.15, 0.2) is 0 Å². The summed E-state index contributed by atoms with van der Waals surface area (Å²) < 4.78 is 4.72. The van der Waals surface area contributed by atoms with Crippen molar-refractivity contribution >= 4 is 23.4 Å². The van der Waals surface area contributed by atoms with Crippen molar-refractivity contribution in [2.45, 2.75) is 6.92 Å². The third-order valence-electron chi connectivity index (χ3n) is 3.76. The first-order chi connectivity index (χ1) is 12.0. The topological polar surface area (TPSA) is 91.0 Å². The Bertz CT molecular complexity index is 942. The van der Waals surface area contributed by atoms with Crippen LogP contribution in [0.2, 0.25) is 5.02 Å². The van der Waals surface area contributed by atoms with E-state index in [1.165, 1.54) is 13.4 Å². The number of ether oxygens (including phenoxy) is 1. The molecule has 0 atom stereocenters. The molecular formula is C18H15ClN4O2. The van der Waals surface area contributed by atoms with Crippen molar-refractivity contribution < 1.29 is 9.53 Å². The minimum atomic E-state index is -0.488. The lowest BCUT2D eigenvalue weighted by Gasteiger charge is -2.12. The Morgan fingerprint density at radius 2 is 1.88 bits per heavy atom. The normalized spacial score (nSPS) is 10.5. The van der Waals surface area contributed by atoms with Crippen LogP contribution in [0.15, 0.2) is 42.9 Å². The lowest BCUT2D eigenvalue weighted by molar-refractivity contribution is 0.0601. The van der Waals surface area contributed by atoms with E-state index in [9.17, 15) is 4.79 Å². The predicted octanol–water partition coefficient (Wildman–Crippen LogP) is 3.54. The van der Waals surface area contributed by atoms with E-state index in [1.54, 1.807) is 30.5 Å². The molecule has 0 radical (unpaired) electrons. The zero-order chi connectivity index (χ0) is 18.0. The Hall–Kier alpha value is -2.99. The van der Waals surface area contributed by atoms with Gasteiger partial charge in [-0.15, -0.1) is 0 Å². The number of hydrogen-bond acceptors (Lipinski definition) is 6. The molecule has 2 N–H and O–H groups in total. The van der Waals surface area contributed by atoms with Gasteiger partial charge in [-0.2, -0.15) is 0 Å². The maximum absolute atomic E-state index is 11.7. The molecule has 0 unspecified atom stereocenters. The largest absolute Gasteiger partial charge is 0.465 e. The van der Waals surface area contributed by atoms with Gasteiger partial charge >= 0.3 is 5.97 Å². The highest BCUT2D eigenvalue weighted by Gasteiger charge is 2.16. The molecule has 0 fully saturated rings. The van der Waals surface area contributed by atoms with Gasteiger partial charge in [0.25, 0.3) is 0 Å². The second-order valence-corrected chi connectivity index (χ2v) is 5.75. The average Bonchev–Trinajstić information content (AvgIpc) is 2.62. The van der Waals surface area contributed by atoms with Gasteiger partial charge < -0.3 is 10.5 Å². The number of pyridine rings is 1. The molecule has 0 saturated heterocycles. The van der Waals surface area contributed by atoms with Crippen LogP contribution in [0.25, 0.3) is 22.4 Å². The number of rotatable bonds is 3. The first kappa shape index (κ1) is 16.9. The van der Waals surface area contributed by atoms with Crippen molar-refractivity contribution in [2.75, 3.05) is 12.8 Å². The van der Waals surface area contributed by atoms with E-state index in [0.717, 1.165) is 22.4 Å². The summed E-state index contributed by atoms with van der Waals surface area (Å²) in [6.45, 7) is 1.89. The number of methoxy groups -OCH3 is 1. The number of hydrogen-bond donors (Lipinski definition) is 1. The van der Waals surface area contributed by atoms with E-state index in [4.69, 9.17) is 22.1 Å².